The molecule has 0 unspecified atom stereocenters. The molecule has 0 radical (unpaired) electrons. The molecular formula is C13H14ClFO3. The van der Waals surface area contributed by atoms with Crippen molar-refractivity contribution in [2.75, 3.05) is 7.11 Å². The molecule has 98 valence electrons. The molecule has 0 atom stereocenters. The summed E-state index contributed by atoms with van der Waals surface area (Å²) in [5, 5.41) is 8.95. The van der Waals surface area contributed by atoms with E-state index in [1.807, 2.05) is 0 Å². The largest absolute Gasteiger partial charge is 0.496 e. The SMILES string of the molecule is COc1c(C)cc(F)c(Cl)c1C1(CC(=O)O)CC1. The maximum absolute atomic E-state index is 13.7. The summed E-state index contributed by atoms with van der Waals surface area (Å²) in [5.41, 5.74) is 0.568. The number of aryl methyl sites for hydroxylation is 1. The van der Waals surface area contributed by atoms with Crippen molar-refractivity contribution >= 4 is 17.6 Å². The van der Waals surface area contributed by atoms with Crippen molar-refractivity contribution in [1.82, 2.24) is 0 Å². The number of hydrogen-bond donors (Lipinski definition) is 1. The Morgan fingerprint density at radius 2 is 2.22 bits per heavy atom. The van der Waals surface area contributed by atoms with E-state index in [9.17, 15) is 9.18 Å². The Kier molecular flexibility index (Phi) is 3.23. The fourth-order valence-electron chi connectivity index (χ4n) is 2.43. The molecule has 5 heteroatoms. The summed E-state index contributed by atoms with van der Waals surface area (Å²) in [5.74, 6) is -0.936. The highest BCUT2D eigenvalue weighted by atomic mass is 35.5. The minimum absolute atomic E-state index is 0.0174. The number of aliphatic carboxylic acids is 1. The molecule has 18 heavy (non-hydrogen) atoms. The molecule has 2 rings (SSSR count). The van der Waals surface area contributed by atoms with Gasteiger partial charge in [0, 0.05) is 11.0 Å². The summed E-state index contributed by atoms with van der Waals surface area (Å²) in [4.78, 5) is 10.9. The quantitative estimate of drug-likeness (QED) is 0.915. The van der Waals surface area contributed by atoms with Crippen LogP contribution in [-0.4, -0.2) is 18.2 Å². The van der Waals surface area contributed by atoms with Crippen LogP contribution in [0.15, 0.2) is 6.07 Å². The van der Waals surface area contributed by atoms with Crippen molar-refractivity contribution in [1.29, 1.82) is 0 Å². The minimum Gasteiger partial charge on any atom is -0.496 e. The number of halogens is 2. The topological polar surface area (TPSA) is 46.5 Å². The lowest BCUT2D eigenvalue weighted by Gasteiger charge is -2.20. The number of hydrogen-bond acceptors (Lipinski definition) is 2. The number of ether oxygens (including phenoxy) is 1. The van der Waals surface area contributed by atoms with Crippen LogP contribution >= 0.6 is 11.6 Å². The lowest BCUT2D eigenvalue weighted by Crippen LogP contribution is -2.16. The molecule has 3 nitrogen and oxygen atoms in total. The molecule has 1 saturated carbocycles. The van der Waals surface area contributed by atoms with Gasteiger partial charge in [-0.25, -0.2) is 4.39 Å². The summed E-state index contributed by atoms with van der Waals surface area (Å²) in [6.45, 7) is 1.72. The van der Waals surface area contributed by atoms with Gasteiger partial charge in [0.1, 0.15) is 11.6 Å². The highest BCUT2D eigenvalue weighted by Gasteiger charge is 2.49. The first-order valence-corrected chi connectivity index (χ1v) is 6.04. The number of methoxy groups -OCH3 is 1. The average molecular weight is 273 g/mol. The molecule has 0 spiro atoms. The van der Waals surface area contributed by atoms with E-state index in [1.54, 1.807) is 6.92 Å². The zero-order valence-electron chi connectivity index (χ0n) is 10.2. The van der Waals surface area contributed by atoms with E-state index in [1.165, 1.54) is 13.2 Å². The molecule has 1 fully saturated rings. The van der Waals surface area contributed by atoms with Gasteiger partial charge in [0.2, 0.25) is 0 Å². The zero-order chi connectivity index (χ0) is 13.5. The third-order valence-electron chi connectivity index (χ3n) is 3.44. The number of carboxylic acids is 1. The monoisotopic (exact) mass is 272 g/mol. The van der Waals surface area contributed by atoms with Gasteiger partial charge in [-0.1, -0.05) is 11.6 Å². The van der Waals surface area contributed by atoms with Crippen LogP contribution in [0.25, 0.3) is 0 Å². The van der Waals surface area contributed by atoms with Crippen LogP contribution in [0.4, 0.5) is 4.39 Å². The smallest absolute Gasteiger partial charge is 0.304 e. The van der Waals surface area contributed by atoms with E-state index in [2.05, 4.69) is 0 Å². The van der Waals surface area contributed by atoms with Crippen molar-refractivity contribution in [2.24, 2.45) is 0 Å². The number of carbonyl (C=O) groups is 1. The third-order valence-corrected chi connectivity index (χ3v) is 3.80. The fraction of sp³-hybridized carbons (Fsp3) is 0.462. The van der Waals surface area contributed by atoms with Crippen LogP contribution in [0.5, 0.6) is 5.75 Å². The van der Waals surface area contributed by atoms with E-state index in [0.29, 0.717) is 29.7 Å². The van der Waals surface area contributed by atoms with Gasteiger partial charge in [-0.05, 0) is 31.4 Å². The van der Waals surface area contributed by atoms with Gasteiger partial charge >= 0.3 is 5.97 Å². The molecule has 0 bridgehead atoms. The number of carboxylic acid groups (broad SMARTS) is 1. The van der Waals surface area contributed by atoms with Crippen LogP contribution in [0.2, 0.25) is 5.02 Å². The first-order valence-electron chi connectivity index (χ1n) is 5.66. The predicted molar refractivity (Wildman–Crippen MR) is 65.9 cm³/mol. The molecule has 1 aromatic rings. The third kappa shape index (κ3) is 2.05. The molecule has 1 aliphatic carbocycles. The van der Waals surface area contributed by atoms with Crippen molar-refractivity contribution in [3.05, 3.63) is 28.0 Å². The Balaban J connectivity index is 2.59. The van der Waals surface area contributed by atoms with Crippen molar-refractivity contribution < 1.29 is 19.0 Å². The van der Waals surface area contributed by atoms with Crippen molar-refractivity contribution in [3.63, 3.8) is 0 Å². The molecule has 0 saturated heterocycles. The number of benzene rings is 1. The standard InChI is InChI=1S/C13H14ClFO3/c1-7-5-8(15)11(14)10(12(7)18-2)13(3-4-13)6-9(16)17/h5H,3-4,6H2,1-2H3,(H,16,17). The van der Waals surface area contributed by atoms with E-state index in [-0.39, 0.29) is 11.4 Å². The van der Waals surface area contributed by atoms with Gasteiger partial charge in [0.25, 0.3) is 0 Å². The lowest BCUT2D eigenvalue weighted by molar-refractivity contribution is -0.137. The molecule has 0 amide bonds. The Morgan fingerprint density at radius 1 is 1.61 bits per heavy atom. The fourth-order valence-corrected chi connectivity index (χ4v) is 2.77. The normalized spacial score (nSPS) is 16.4. The maximum atomic E-state index is 13.7. The predicted octanol–water partition coefficient (Wildman–Crippen LogP) is 3.30. The Hall–Kier alpha value is -1.29. The highest BCUT2D eigenvalue weighted by Crippen LogP contribution is 2.57. The zero-order valence-corrected chi connectivity index (χ0v) is 11.0. The second-order valence-corrected chi connectivity index (χ2v) is 5.13. The second kappa shape index (κ2) is 4.43. The van der Waals surface area contributed by atoms with Gasteiger partial charge in [0.15, 0.2) is 0 Å². The lowest BCUT2D eigenvalue weighted by atomic mass is 9.90. The van der Waals surface area contributed by atoms with Gasteiger partial charge in [-0.2, -0.15) is 0 Å². The second-order valence-electron chi connectivity index (χ2n) is 4.75. The van der Waals surface area contributed by atoms with Crippen LogP contribution in [-0.2, 0) is 10.2 Å². The minimum atomic E-state index is -0.910. The van der Waals surface area contributed by atoms with Gasteiger partial charge in [-0.15, -0.1) is 0 Å². The Morgan fingerprint density at radius 3 is 2.67 bits per heavy atom. The van der Waals surface area contributed by atoms with Crippen LogP contribution in [0.3, 0.4) is 0 Å². The molecule has 0 aromatic heterocycles. The van der Waals surface area contributed by atoms with Gasteiger partial charge < -0.3 is 9.84 Å². The summed E-state index contributed by atoms with van der Waals surface area (Å²) >= 11 is 6.01. The van der Waals surface area contributed by atoms with Crippen LogP contribution in [0, 0.1) is 12.7 Å². The van der Waals surface area contributed by atoms with E-state index >= 15 is 0 Å². The Labute approximate surface area is 110 Å². The maximum Gasteiger partial charge on any atom is 0.304 e. The van der Waals surface area contributed by atoms with E-state index < -0.39 is 17.2 Å². The summed E-state index contributed by atoms with van der Waals surface area (Å²) < 4.78 is 19.0. The first kappa shape index (κ1) is 13.1. The Bertz CT molecular complexity index is 509. The molecule has 0 aliphatic heterocycles. The average Bonchev–Trinajstić information content (AvgIpc) is 3.02. The molecule has 1 aliphatic rings. The molecule has 1 aromatic carbocycles. The highest BCUT2D eigenvalue weighted by molar-refractivity contribution is 6.32. The van der Waals surface area contributed by atoms with Crippen molar-refractivity contribution in [3.8, 4) is 5.75 Å². The van der Waals surface area contributed by atoms with Crippen molar-refractivity contribution in [2.45, 2.75) is 31.6 Å². The van der Waals surface area contributed by atoms with E-state index in [4.69, 9.17) is 21.4 Å². The van der Waals surface area contributed by atoms with Gasteiger partial charge in [0.05, 0.1) is 18.6 Å². The van der Waals surface area contributed by atoms with Crippen LogP contribution in [0.1, 0.15) is 30.4 Å². The number of rotatable bonds is 4. The van der Waals surface area contributed by atoms with E-state index in [0.717, 1.165) is 0 Å². The van der Waals surface area contributed by atoms with Crippen LogP contribution < -0.4 is 4.74 Å². The molecule has 0 heterocycles. The first-order chi connectivity index (χ1) is 8.41. The molecular weight excluding hydrogens is 259 g/mol. The summed E-state index contributed by atoms with van der Waals surface area (Å²) in [6.07, 6.45) is 1.34. The molecule has 1 N–H and O–H groups in total. The summed E-state index contributed by atoms with van der Waals surface area (Å²) in [7, 11) is 1.48. The van der Waals surface area contributed by atoms with Gasteiger partial charge in [-0.3, -0.25) is 4.79 Å². The summed E-state index contributed by atoms with van der Waals surface area (Å²) in [6, 6.07) is 1.31.